The van der Waals surface area contributed by atoms with Crippen LogP contribution >= 0.6 is 0 Å². The Balaban J connectivity index is 1.70. The second kappa shape index (κ2) is 6.98. The van der Waals surface area contributed by atoms with Gasteiger partial charge in [0.05, 0.1) is 0 Å². The van der Waals surface area contributed by atoms with E-state index in [0.29, 0.717) is 6.04 Å². The van der Waals surface area contributed by atoms with Gasteiger partial charge in [-0.25, -0.2) is 4.79 Å². The van der Waals surface area contributed by atoms with Crippen molar-refractivity contribution in [2.75, 3.05) is 19.6 Å². The average Bonchev–Trinajstić information content (AvgIpc) is 2.41. The third-order valence-corrected chi connectivity index (χ3v) is 4.41. The van der Waals surface area contributed by atoms with Gasteiger partial charge < -0.3 is 16.0 Å². The number of hydrogen-bond donors (Lipinski definition) is 2. The Kier molecular flexibility index (Phi) is 5.29. The Hall–Kier alpha value is -0.770. The SMILES string of the molecule is NCCC1CCN(C(=O)NC2CCCCC2)CC1. The van der Waals surface area contributed by atoms with E-state index in [9.17, 15) is 4.79 Å². The zero-order valence-electron chi connectivity index (χ0n) is 11.4. The van der Waals surface area contributed by atoms with Crippen LogP contribution in [0.25, 0.3) is 0 Å². The molecule has 0 aromatic rings. The van der Waals surface area contributed by atoms with E-state index >= 15 is 0 Å². The van der Waals surface area contributed by atoms with Crippen LogP contribution in [-0.4, -0.2) is 36.6 Å². The fourth-order valence-electron chi connectivity index (χ4n) is 3.17. The molecule has 18 heavy (non-hydrogen) atoms. The molecule has 4 heteroatoms. The number of urea groups is 1. The standard InChI is InChI=1S/C14H27N3O/c15-9-6-12-7-10-17(11-8-12)14(18)16-13-4-2-1-3-5-13/h12-13H,1-11,15H2,(H,16,18). The van der Waals surface area contributed by atoms with Gasteiger partial charge in [0.25, 0.3) is 0 Å². The summed E-state index contributed by atoms with van der Waals surface area (Å²) in [6, 6.07) is 0.584. The number of piperidine rings is 1. The largest absolute Gasteiger partial charge is 0.335 e. The highest BCUT2D eigenvalue weighted by Gasteiger charge is 2.24. The molecular formula is C14H27N3O. The predicted molar refractivity (Wildman–Crippen MR) is 73.4 cm³/mol. The van der Waals surface area contributed by atoms with Crippen molar-refractivity contribution < 1.29 is 4.79 Å². The average molecular weight is 253 g/mol. The molecule has 4 nitrogen and oxygen atoms in total. The molecule has 0 aromatic heterocycles. The topological polar surface area (TPSA) is 58.4 Å². The van der Waals surface area contributed by atoms with Crippen molar-refractivity contribution in [2.45, 2.75) is 57.4 Å². The molecule has 1 aliphatic heterocycles. The van der Waals surface area contributed by atoms with Crippen LogP contribution in [0.15, 0.2) is 0 Å². The van der Waals surface area contributed by atoms with E-state index in [1.807, 2.05) is 4.90 Å². The smallest absolute Gasteiger partial charge is 0.317 e. The summed E-state index contributed by atoms with van der Waals surface area (Å²) in [5.74, 6) is 0.730. The Morgan fingerprint density at radius 3 is 2.39 bits per heavy atom. The first-order valence-electron chi connectivity index (χ1n) is 7.55. The molecule has 0 spiro atoms. The predicted octanol–water partition coefficient (Wildman–Crippen LogP) is 2.09. The summed E-state index contributed by atoms with van der Waals surface area (Å²) in [6.07, 6.45) is 9.54. The van der Waals surface area contributed by atoms with Crippen LogP contribution in [0.3, 0.4) is 0 Å². The van der Waals surface area contributed by atoms with Crippen molar-refractivity contribution in [3.63, 3.8) is 0 Å². The third-order valence-electron chi connectivity index (χ3n) is 4.41. The third kappa shape index (κ3) is 3.87. The lowest BCUT2D eigenvalue weighted by atomic mass is 9.93. The summed E-state index contributed by atoms with van der Waals surface area (Å²) in [5.41, 5.74) is 5.58. The van der Waals surface area contributed by atoms with Gasteiger partial charge in [-0.15, -0.1) is 0 Å². The summed E-state index contributed by atoms with van der Waals surface area (Å²) in [7, 11) is 0. The first-order chi connectivity index (χ1) is 8.79. The zero-order chi connectivity index (χ0) is 12.8. The monoisotopic (exact) mass is 253 g/mol. The van der Waals surface area contributed by atoms with Crippen molar-refractivity contribution in [2.24, 2.45) is 11.7 Å². The van der Waals surface area contributed by atoms with Crippen LogP contribution < -0.4 is 11.1 Å². The lowest BCUT2D eigenvalue weighted by Crippen LogP contribution is -2.48. The Morgan fingerprint density at radius 1 is 1.11 bits per heavy atom. The summed E-state index contributed by atoms with van der Waals surface area (Å²) in [5, 5.41) is 3.20. The van der Waals surface area contributed by atoms with Gasteiger partial charge in [0.2, 0.25) is 0 Å². The number of nitrogens with two attached hydrogens (primary N) is 1. The van der Waals surface area contributed by atoms with E-state index in [0.717, 1.165) is 57.7 Å². The van der Waals surface area contributed by atoms with E-state index in [-0.39, 0.29) is 6.03 Å². The number of amides is 2. The molecule has 1 heterocycles. The van der Waals surface area contributed by atoms with Crippen molar-refractivity contribution in [1.82, 2.24) is 10.2 Å². The molecule has 2 fully saturated rings. The fourth-order valence-corrected chi connectivity index (χ4v) is 3.17. The summed E-state index contributed by atoms with van der Waals surface area (Å²) < 4.78 is 0. The molecule has 0 atom stereocenters. The molecule has 3 N–H and O–H groups in total. The Morgan fingerprint density at radius 2 is 1.78 bits per heavy atom. The number of carbonyl (C=O) groups is 1. The molecule has 1 saturated carbocycles. The zero-order valence-corrected chi connectivity index (χ0v) is 11.4. The molecule has 0 unspecified atom stereocenters. The second-order valence-electron chi connectivity index (χ2n) is 5.79. The summed E-state index contributed by atoms with van der Waals surface area (Å²) >= 11 is 0. The lowest BCUT2D eigenvalue weighted by molar-refractivity contribution is 0.163. The molecule has 104 valence electrons. The minimum atomic E-state index is 0.160. The van der Waals surface area contributed by atoms with E-state index in [1.165, 1.54) is 19.3 Å². The van der Waals surface area contributed by atoms with Gasteiger partial charge >= 0.3 is 6.03 Å². The van der Waals surface area contributed by atoms with Gasteiger partial charge in [-0.05, 0) is 44.6 Å². The molecule has 0 radical (unpaired) electrons. The van der Waals surface area contributed by atoms with Crippen molar-refractivity contribution in [3.05, 3.63) is 0 Å². The second-order valence-corrected chi connectivity index (χ2v) is 5.79. The minimum Gasteiger partial charge on any atom is -0.335 e. The molecule has 2 rings (SSSR count). The summed E-state index contributed by atoms with van der Waals surface area (Å²) in [4.78, 5) is 14.1. The van der Waals surface area contributed by atoms with Crippen LogP contribution in [0, 0.1) is 5.92 Å². The highest BCUT2D eigenvalue weighted by Crippen LogP contribution is 2.21. The van der Waals surface area contributed by atoms with Crippen molar-refractivity contribution in [3.8, 4) is 0 Å². The van der Waals surface area contributed by atoms with E-state index in [1.54, 1.807) is 0 Å². The minimum absolute atomic E-state index is 0.160. The van der Waals surface area contributed by atoms with Crippen LogP contribution in [0.5, 0.6) is 0 Å². The lowest BCUT2D eigenvalue weighted by Gasteiger charge is -2.33. The van der Waals surface area contributed by atoms with E-state index < -0.39 is 0 Å². The fraction of sp³-hybridized carbons (Fsp3) is 0.929. The molecular weight excluding hydrogens is 226 g/mol. The van der Waals surface area contributed by atoms with Crippen molar-refractivity contribution in [1.29, 1.82) is 0 Å². The quantitative estimate of drug-likeness (QED) is 0.809. The van der Waals surface area contributed by atoms with E-state index in [4.69, 9.17) is 5.73 Å². The Labute approximate surface area is 110 Å². The van der Waals surface area contributed by atoms with Crippen LogP contribution in [0.4, 0.5) is 4.79 Å². The number of nitrogens with one attached hydrogen (secondary N) is 1. The summed E-state index contributed by atoms with van der Waals surface area (Å²) in [6.45, 7) is 2.59. The first kappa shape index (κ1) is 13.7. The normalized spacial score (nSPS) is 23.1. The van der Waals surface area contributed by atoms with Gasteiger partial charge in [0, 0.05) is 19.1 Å². The molecule has 1 saturated heterocycles. The van der Waals surface area contributed by atoms with Gasteiger partial charge in [-0.2, -0.15) is 0 Å². The first-order valence-corrected chi connectivity index (χ1v) is 7.55. The van der Waals surface area contributed by atoms with Gasteiger partial charge in [-0.3, -0.25) is 0 Å². The van der Waals surface area contributed by atoms with Gasteiger partial charge in [0.15, 0.2) is 0 Å². The molecule has 0 aromatic carbocycles. The molecule has 2 aliphatic rings. The van der Waals surface area contributed by atoms with Crippen LogP contribution in [0.2, 0.25) is 0 Å². The number of likely N-dealkylation sites (tertiary alicyclic amines) is 1. The number of hydrogen-bond acceptors (Lipinski definition) is 2. The highest BCUT2D eigenvalue weighted by molar-refractivity contribution is 5.74. The number of rotatable bonds is 3. The van der Waals surface area contributed by atoms with Gasteiger partial charge in [0.1, 0.15) is 0 Å². The molecule has 0 bridgehead atoms. The maximum Gasteiger partial charge on any atom is 0.317 e. The number of nitrogens with zero attached hydrogens (tertiary/aromatic N) is 1. The van der Waals surface area contributed by atoms with E-state index in [2.05, 4.69) is 5.32 Å². The highest BCUT2D eigenvalue weighted by atomic mass is 16.2. The number of carbonyl (C=O) groups excluding carboxylic acids is 1. The maximum atomic E-state index is 12.1. The van der Waals surface area contributed by atoms with Crippen molar-refractivity contribution >= 4 is 6.03 Å². The van der Waals surface area contributed by atoms with Gasteiger partial charge in [-0.1, -0.05) is 19.3 Å². The van der Waals surface area contributed by atoms with Crippen LogP contribution in [0.1, 0.15) is 51.4 Å². The Bertz CT molecular complexity index is 256. The maximum absolute atomic E-state index is 12.1. The molecule has 2 amide bonds. The molecule has 1 aliphatic carbocycles. The van der Waals surface area contributed by atoms with Crippen LogP contribution in [-0.2, 0) is 0 Å².